The number of alkyl halides is 3. The second kappa shape index (κ2) is 4.59. The highest BCUT2D eigenvalue weighted by Gasteiger charge is 2.16. The largest absolute Gasteiger partial charge is 0.298 e. The lowest BCUT2D eigenvalue weighted by molar-refractivity contribution is 0.110. The van der Waals surface area contributed by atoms with Gasteiger partial charge in [-0.2, -0.15) is 0 Å². The summed E-state index contributed by atoms with van der Waals surface area (Å²) in [6, 6.07) is 1.44. The molecular formula is C9H8BrF2NO. The Labute approximate surface area is 88.5 Å². The second-order valence-corrected chi connectivity index (χ2v) is 3.32. The molecule has 1 rings (SSSR count). The van der Waals surface area contributed by atoms with Gasteiger partial charge in [0.15, 0.2) is 6.29 Å². The molecule has 0 amide bonds. The molecule has 0 aliphatic carbocycles. The lowest BCUT2D eigenvalue weighted by atomic mass is 10.1. The van der Waals surface area contributed by atoms with Crippen molar-refractivity contribution in [3.05, 3.63) is 28.6 Å². The predicted molar refractivity (Wildman–Crippen MR) is 51.9 cm³/mol. The molecule has 0 radical (unpaired) electrons. The van der Waals surface area contributed by atoms with Crippen LogP contribution in [0.1, 0.15) is 33.7 Å². The number of carbonyl (C=O) groups is 1. The SMILES string of the molecule is Cc1nc(C(F)F)c(C=O)cc1CBr. The Bertz CT molecular complexity index is 355. The lowest BCUT2D eigenvalue weighted by Crippen LogP contribution is -2.02. The van der Waals surface area contributed by atoms with Gasteiger partial charge in [0.25, 0.3) is 6.43 Å². The molecule has 0 spiro atoms. The molecule has 76 valence electrons. The van der Waals surface area contributed by atoms with Crippen molar-refractivity contribution in [1.29, 1.82) is 0 Å². The zero-order valence-corrected chi connectivity index (χ0v) is 9.01. The van der Waals surface area contributed by atoms with Crippen LogP contribution in [0.3, 0.4) is 0 Å². The lowest BCUT2D eigenvalue weighted by Gasteiger charge is -2.07. The summed E-state index contributed by atoms with van der Waals surface area (Å²) in [6.07, 6.45) is -2.31. The third kappa shape index (κ3) is 2.15. The average molecular weight is 264 g/mol. The molecule has 5 heteroatoms. The van der Waals surface area contributed by atoms with E-state index in [9.17, 15) is 13.6 Å². The van der Waals surface area contributed by atoms with Gasteiger partial charge in [-0.1, -0.05) is 15.9 Å². The summed E-state index contributed by atoms with van der Waals surface area (Å²) in [7, 11) is 0. The van der Waals surface area contributed by atoms with Gasteiger partial charge in [-0.25, -0.2) is 8.78 Å². The van der Waals surface area contributed by atoms with E-state index < -0.39 is 12.1 Å². The fraction of sp³-hybridized carbons (Fsp3) is 0.333. The molecule has 0 fully saturated rings. The molecule has 1 aromatic heterocycles. The maximum Gasteiger partial charge on any atom is 0.281 e. The van der Waals surface area contributed by atoms with E-state index in [1.54, 1.807) is 6.92 Å². The number of carbonyl (C=O) groups excluding carboxylic acids is 1. The first kappa shape index (κ1) is 11.2. The zero-order valence-electron chi connectivity index (χ0n) is 7.43. The molecule has 0 N–H and O–H groups in total. The minimum absolute atomic E-state index is 0.0416. The molecule has 0 aliphatic heterocycles. The van der Waals surface area contributed by atoms with Gasteiger partial charge in [-0.15, -0.1) is 0 Å². The molecule has 0 aliphatic rings. The molecule has 0 atom stereocenters. The monoisotopic (exact) mass is 263 g/mol. The number of hydrogen-bond acceptors (Lipinski definition) is 2. The molecule has 0 aromatic carbocycles. The first-order valence-corrected chi connectivity index (χ1v) is 5.02. The van der Waals surface area contributed by atoms with Gasteiger partial charge < -0.3 is 0 Å². The van der Waals surface area contributed by atoms with Crippen LogP contribution in [0.15, 0.2) is 6.07 Å². The van der Waals surface area contributed by atoms with Crippen LogP contribution >= 0.6 is 15.9 Å². The molecule has 1 aromatic rings. The maximum atomic E-state index is 12.4. The quantitative estimate of drug-likeness (QED) is 0.620. The Kier molecular flexibility index (Phi) is 3.69. The number of nitrogens with zero attached hydrogens (tertiary/aromatic N) is 1. The van der Waals surface area contributed by atoms with E-state index in [0.29, 0.717) is 17.3 Å². The number of aromatic nitrogens is 1. The maximum absolute atomic E-state index is 12.4. The molecular weight excluding hydrogens is 256 g/mol. The first-order valence-electron chi connectivity index (χ1n) is 3.89. The minimum Gasteiger partial charge on any atom is -0.298 e. The molecule has 0 saturated carbocycles. The number of aldehydes is 1. The Morgan fingerprint density at radius 1 is 1.64 bits per heavy atom. The fourth-order valence-electron chi connectivity index (χ4n) is 1.09. The topological polar surface area (TPSA) is 30.0 Å². The standard InChI is InChI=1S/C9H8BrF2NO/c1-5-6(3-10)2-7(4-14)8(13-5)9(11)12/h2,4,9H,3H2,1H3. The van der Waals surface area contributed by atoms with Crippen LogP contribution in [0.2, 0.25) is 0 Å². The van der Waals surface area contributed by atoms with E-state index in [2.05, 4.69) is 20.9 Å². The van der Waals surface area contributed by atoms with Gasteiger partial charge >= 0.3 is 0 Å². The Morgan fingerprint density at radius 2 is 2.29 bits per heavy atom. The van der Waals surface area contributed by atoms with Crippen molar-refractivity contribution in [3.8, 4) is 0 Å². The molecule has 2 nitrogen and oxygen atoms in total. The average Bonchev–Trinajstić information content (AvgIpc) is 2.17. The Morgan fingerprint density at radius 3 is 2.71 bits per heavy atom. The van der Waals surface area contributed by atoms with E-state index >= 15 is 0 Å². The van der Waals surface area contributed by atoms with Crippen LogP contribution in [-0.2, 0) is 5.33 Å². The van der Waals surface area contributed by atoms with Crippen LogP contribution in [0, 0.1) is 6.92 Å². The van der Waals surface area contributed by atoms with Crippen LogP contribution in [-0.4, -0.2) is 11.3 Å². The number of hydrogen-bond donors (Lipinski definition) is 0. The third-order valence-corrected chi connectivity index (χ3v) is 2.46. The van der Waals surface area contributed by atoms with Gasteiger partial charge in [0.05, 0.1) is 0 Å². The van der Waals surface area contributed by atoms with Crippen molar-refractivity contribution < 1.29 is 13.6 Å². The van der Waals surface area contributed by atoms with E-state index in [1.807, 2.05) is 0 Å². The zero-order chi connectivity index (χ0) is 10.7. The van der Waals surface area contributed by atoms with Crippen LogP contribution in [0.5, 0.6) is 0 Å². The summed E-state index contributed by atoms with van der Waals surface area (Å²) in [5, 5.41) is 0.496. The molecule has 0 saturated heterocycles. The van der Waals surface area contributed by atoms with E-state index in [4.69, 9.17) is 0 Å². The summed E-state index contributed by atoms with van der Waals surface area (Å²) < 4.78 is 24.8. The highest BCUT2D eigenvalue weighted by molar-refractivity contribution is 9.08. The summed E-state index contributed by atoms with van der Waals surface area (Å²) >= 11 is 3.19. The van der Waals surface area contributed by atoms with Gasteiger partial charge in [-0.3, -0.25) is 9.78 Å². The number of pyridine rings is 1. The van der Waals surface area contributed by atoms with Gasteiger partial charge in [0, 0.05) is 16.6 Å². The normalized spacial score (nSPS) is 10.6. The molecule has 14 heavy (non-hydrogen) atoms. The number of halogens is 3. The summed E-state index contributed by atoms with van der Waals surface area (Å²) in [5.74, 6) is 0. The van der Waals surface area contributed by atoms with Gasteiger partial charge in [0.1, 0.15) is 5.69 Å². The Balaban J connectivity index is 3.31. The smallest absolute Gasteiger partial charge is 0.281 e. The first-order chi connectivity index (χ1) is 6.60. The number of rotatable bonds is 3. The Hall–Kier alpha value is -0.840. The van der Waals surface area contributed by atoms with E-state index in [-0.39, 0.29) is 5.56 Å². The number of aryl methyl sites for hydroxylation is 1. The second-order valence-electron chi connectivity index (χ2n) is 2.76. The van der Waals surface area contributed by atoms with Crippen molar-refractivity contribution >= 4 is 22.2 Å². The highest BCUT2D eigenvalue weighted by Crippen LogP contribution is 2.23. The summed E-state index contributed by atoms with van der Waals surface area (Å²) in [5.41, 5.74) is 0.779. The molecule has 0 unspecified atom stereocenters. The predicted octanol–water partition coefficient (Wildman–Crippen LogP) is 3.04. The van der Waals surface area contributed by atoms with Crippen molar-refractivity contribution in [3.63, 3.8) is 0 Å². The van der Waals surface area contributed by atoms with Crippen molar-refractivity contribution in [2.45, 2.75) is 18.7 Å². The van der Waals surface area contributed by atoms with Crippen molar-refractivity contribution in [1.82, 2.24) is 4.98 Å². The summed E-state index contributed by atoms with van der Waals surface area (Å²) in [4.78, 5) is 14.2. The van der Waals surface area contributed by atoms with Gasteiger partial charge in [-0.05, 0) is 18.6 Å². The van der Waals surface area contributed by atoms with Crippen LogP contribution in [0.25, 0.3) is 0 Å². The third-order valence-electron chi connectivity index (χ3n) is 1.86. The molecule has 0 bridgehead atoms. The van der Waals surface area contributed by atoms with Crippen LogP contribution in [0.4, 0.5) is 8.78 Å². The van der Waals surface area contributed by atoms with E-state index in [0.717, 1.165) is 5.56 Å². The van der Waals surface area contributed by atoms with Crippen LogP contribution < -0.4 is 0 Å². The van der Waals surface area contributed by atoms with Gasteiger partial charge in [0.2, 0.25) is 0 Å². The molecule has 1 heterocycles. The fourth-order valence-corrected chi connectivity index (χ4v) is 1.66. The van der Waals surface area contributed by atoms with Crippen molar-refractivity contribution in [2.75, 3.05) is 0 Å². The summed E-state index contributed by atoms with van der Waals surface area (Å²) in [6.45, 7) is 1.64. The minimum atomic E-state index is -2.71. The highest BCUT2D eigenvalue weighted by atomic mass is 79.9. The van der Waals surface area contributed by atoms with Crippen molar-refractivity contribution in [2.24, 2.45) is 0 Å². The van der Waals surface area contributed by atoms with E-state index in [1.165, 1.54) is 6.07 Å².